The van der Waals surface area contributed by atoms with Gasteiger partial charge in [0.1, 0.15) is 0 Å². The summed E-state index contributed by atoms with van der Waals surface area (Å²) >= 11 is 0. The van der Waals surface area contributed by atoms with Gasteiger partial charge in [0.2, 0.25) is 17.6 Å². The third-order valence-electron chi connectivity index (χ3n) is 3.76. The maximum atomic E-state index is 12.0. The van der Waals surface area contributed by atoms with Crippen molar-refractivity contribution >= 4 is 5.91 Å². The lowest BCUT2D eigenvalue weighted by Crippen LogP contribution is -2.27. The number of likely N-dealkylation sites (tertiary alicyclic amines) is 1. The van der Waals surface area contributed by atoms with Crippen molar-refractivity contribution in [1.82, 2.24) is 15.0 Å². The number of benzene rings is 1. The van der Waals surface area contributed by atoms with Crippen LogP contribution < -0.4 is 0 Å². The Hall–Kier alpha value is -2.17. The van der Waals surface area contributed by atoms with Crippen molar-refractivity contribution < 1.29 is 9.32 Å². The Morgan fingerprint density at radius 3 is 2.90 bits per heavy atom. The maximum absolute atomic E-state index is 12.0. The molecule has 0 saturated carbocycles. The second-order valence-corrected chi connectivity index (χ2v) is 5.47. The Labute approximate surface area is 124 Å². The summed E-state index contributed by atoms with van der Waals surface area (Å²) in [5.74, 6) is 1.30. The molecule has 0 unspecified atom stereocenters. The minimum Gasteiger partial charge on any atom is -0.343 e. The van der Waals surface area contributed by atoms with Crippen LogP contribution >= 0.6 is 0 Å². The SMILES string of the molecule is Cc1cccc(-c2noc(CCC(=O)N3CCCC3)n2)c1. The molecule has 3 rings (SSSR count). The Bertz CT molecular complexity index is 630. The number of carbonyl (C=O) groups is 1. The van der Waals surface area contributed by atoms with E-state index in [9.17, 15) is 4.79 Å². The number of hydrogen-bond acceptors (Lipinski definition) is 4. The van der Waals surface area contributed by atoms with E-state index in [1.807, 2.05) is 36.1 Å². The molecule has 0 atom stereocenters. The van der Waals surface area contributed by atoms with Gasteiger partial charge in [-0.1, -0.05) is 28.9 Å². The first kappa shape index (κ1) is 13.8. The standard InChI is InChI=1S/C16H19N3O2/c1-12-5-4-6-13(11-12)16-17-14(21-18-16)7-8-15(20)19-9-2-3-10-19/h4-6,11H,2-3,7-10H2,1H3. The highest BCUT2D eigenvalue weighted by Gasteiger charge is 2.18. The van der Waals surface area contributed by atoms with Crippen molar-refractivity contribution in [3.05, 3.63) is 35.7 Å². The number of aryl methyl sites for hydroxylation is 2. The lowest BCUT2D eigenvalue weighted by atomic mass is 10.1. The van der Waals surface area contributed by atoms with E-state index in [4.69, 9.17) is 4.52 Å². The first-order valence-electron chi connectivity index (χ1n) is 7.40. The molecule has 0 aliphatic carbocycles. The van der Waals surface area contributed by atoms with Crippen molar-refractivity contribution in [2.45, 2.75) is 32.6 Å². The fourth-order valence-corrected chi connectivity index (χ4v) is 2.60. The molecule has 1 aromatic carbocycles. The molecule has 2 heterocycles. The van der Waals surface area contributed by atoms with Gasteiger partial charge in [0.25, 0.3) is 0 Å². The maximum Gasteiger partial charge on any atom is 0.227 e. The molecule has 1 aliphatic rings. The zero-order chi connectivity index (χ0) is 14.7. The van der Waals surface area contributed by atoms with Gasteiger partial charge >= 0.3 is 0 Å². The van der Waals surface area contributed by atoms with Crippen molar-refractivity contribution in [2.24, 2.45) is 0 Å². The highest BCUT2D eigenvalue weighted by atomic mass is 16.5. The van der Waals surface area contributed by atoms with Gasteiger partial charge in [-0.3, -0.25) is 4.79 Å². The molecule has 0 N–H and O–H groups in total. The van der Waals surface area contributed by atoms with E-state index in [0.29, 0.717) is 24.6 Å². The van der Waals surface area contributed by atoms with Crippen LogP contribution in [0.1, 0.15) is 30.7 Å². The molecule has 1 fully saturated rings. The van der Waals surface area contributed by atoms with Gasteiger partial charge in [-0.05, 0) is 25.8 Å². The molecule has 5 nitrogen and oxygen atoms in total. The lowest BCUT2D eigenvalue weighted by Gasteiger charge is -2.13. The first-order chi connectivity index (χ1) is 10.2. The topological polar surface area (TPSA) is 59.2 Å². The number of aromatic nitrogens is 2. The van der Waals surface area contributed by atoms with Crippen LogP contribution in [0.3, 0.4) is 0 Å². The van der Waals surface area contributed by atoms with E-state index in [-0.39, 0.29) is 5.91 Å². The lowest BCUT2D eigenvalue weighted by molar-refractivity contribution is -0.130. The molecular weight excluding hydrogens is 266 g/mol. The number of carbonyl (C=O) groups excluding carboxylic acids is 1. The fourth-order valence-electron chi connectivity index (χ4n) is 2.60. The smallest absolute Gasteiger partial charge is 0.227 e. The highest BCUT2D eigenvalue weighted by Crippen LogP contribution is 2.18. The van der Waals surface area contributed by atoms with Gasteiger partial charge in [-0.25, -0.2) is 0 Å². The number of hydrogen-bond donors (Lipinski definition) is 0. The number of amides is 1. The molecule has 0 bridgehead atoms. The second kappa shape index (κ2) is 6.08. The minimum atomic E-state index is 0.183. The molecule has 1 aromatic heterocycles. The third kappa shape index (κ3) is 3.29. The van der Waals surface area contributed by atoms with Gasteiger partial charge in [0.05, 0.1) is 0 Å². The van der Waals surface area contributed by atoms with E-state index in [2.05, 4.69) is 10.1 Å². The first-order valence-corrected chi connectivity index (χ1v) is 7.40. The molecule has 1 saturated heterocycles. The van der Waals surface area contributed by atoms with Crippen LogP contribution in [-0.2, 0) is 11.2 Å². The summed E-state index contributed by atoms with van der Waals surface area (Å²) in [6.45, 7) is 3.80. The van der Waals surface area contributed by atoms with E-state index in [1.165, 1.54) is 0 Å². The Balaban J connectivity index is 1.61. The van der Waals surface area contributed by atoms with E-state index >= 15 is 0 Å². The Morgan fingerprint density at radius 1 is 1.33 bits per heavy atom. The molecule has 2 aromatic rings. The molecule has 5 heteroatoms. The van der Waals surface area contributed by atoms with Crippen molar-refractivity contribution in [2.75, 3.05) is 13.1 Å². The van der Waals surface area contributed by atoms with Crippen LogP contribution in [0.5, 0.6) is 0 Å². The highest BCUT2D eigenvalue weighted by molar-refractivity contribution is 5.76. The summed E-state index contributed by atoms with van der Waals surface area (Å²) in [6.07, 6.45) is 3.18. The van der Waals surface area contributed by atoms with Crippen LogP contribution in [0.25, 0.3) is 11.4 Å². The minimum absolute atomic E-state index is 0.183. The van der Waals surface area contributed by atoms with Crippen LogP contribution in [0, 0.1) is 6.92 Å². The van der Waals surface area contributed by atoms with E-state index in [0.717, 1.165) is 37.1 Å². The van der Waals surface area contributed by atoms with Gasteiger partial charge in [-0.2, -0.15) is 4.98 Å². The summed E-state index contributed by atoms with van der Waals surface area (Å²) < 4.78 is 5.24. The fraction of sp³-hybridized carbons (Fsp3) is 0.438. The summed E-state index contributed by atoms with van der Waals surface area (Å²) in [5.41, 5.74) is 2.10. The van der Waals surface area contributed by atoms with Crippen molar-refractivity contribution in [1.29, 1.82) is 0 Å². The predicted molar refractivity (Wildman–Crippen MR) is 78.6 cm³/mol. The Morgan fingerprint density at radius 2 is 2.14 bits per heavy atom. The molecule has 21 heavy (non-hydrogen) atoms. The van der Waals surface area contributed by atoms with Crippen molar-refractivity contribution in [3.8, 4) is 11.4 Å². The van der Waals surface area contributed by atoms with Gasteiger partial charge in [0, 0.05) is 31.5 Å². The zero-order valence-corrected chi connectivity index (χ0v) is 12.2. The predicted octanol–water partition coefficient (Wildman–Crippen LogP) is 2.60. The summed E-state index contributed by atoms with van der Waals surface area (Å²) in [6, 6.07) is 7.97. The quantitative estimate of drug-likeness (QED) is 0.866. The monoisotopic (exact) mass is 285 g/mol. The molecule has 0 radical (unpaired) electrons. The summed E-state index contributed by atoms with van der Waals surface area (Å²) in [4.78, 5) is 18.3. The average Bonchev–Trinajstić information content (AvgIpc) is 3.16. The van der Waals surface area contributed by atoms with Crippen LogP contribution in [0.15, 0.2) is 28.8 Å². The molecule has 110 valence electrons. The van der Waals surface area contributed by atoms with Crippen LogP contribution in [0.2, 0.25) is 0 Å². The van der Waals surface area contributed by atoms with E-state index in [1.54, 1.807) is 0 Å². The number of nitrogens with zero attached hydrogens (tertiary/aromatic N) is 3. The second-order valence-electron chi connectivity index (χ2n) is 5.47. The van der Waals surface area contributed by atoms with Crippen LogP contribution in [-0.4, -0.2) is 34.0 Å². The average molecular weight is 285 g/mol. The van der Waals surface area contributed by atoms with Gasteiger partial charge in [0.15, 0.2) is 0 Å². The molecule has 1 aliphatic heterocycles. The molecular formula is C16H19N3O2. The van der Waals surface area contributed by atoms with Crippen molar-refractivity contribution in [3.63, 3.8) is 0 Å². The molecule has 0 spiro atoms. The summed E-state index contributed by atoms with van der Waals surface area (Å²) in [7, 11) is 0. The van der Waals surface area contributed by atoms with Gasteiger partial charge in [-0.15, -0.1) is 0 Å². The molecule has 1 amide bonds. The van der Waals surface area contributed by atoms with Crippen LogP contribution in [0.4, 0.5) is 0 Å². The third-order valence-corrected chi connectivity index (χ3v) is 3.76. The number of rotatable bonds is 4. The Kier molecular flexibility index (Phi) is 3.99. The zero-order valence-electron chi connectivity index (χ0n) is 12.2. The largest absolute Gasteiger partial charge is 0.343 e. The normalized spacial score (nSPS) is 14.6. The summed E-state index contributed by atoms with van der Waals surface area (Å²) in [5, 5.41) is 3.99. The van der Waals surface area contributed by atoms with Gasteiger partial charge < -0.3 is 9.42 Å². The van der Waals surface area contributed by atoms with E-state index < -0.39 is 0 Å².